The van der Waals surface area contributed by atoms with E-state index >= 15 is 0 Å². The monoisotopic (exact) mass is 893 g/mol. The van der Waals surface area contributed by atoms with Crippen molar-refractivity contribution < 1.29 is 51.9 Å². The van der Waals surface area contributed by atoms with E-state index in [9.17, 15) is 28.2 Å². The predicted octanol–water partition coefficient (Wildman–Crippen LogP) is 4.86. The number of fused-ring (bicyclic) bond motifs is 1. The van der Waals surface area contributed by atoms with Crippen LogP contribution in [0.25, 0.3) is 11.4 Å². The third-order valence-electron chi connectivity index (χ3n) is 12.5. The van der Waals surface area contributed by atoms with Gasteiger partial charge in [0.15, 0.2) is 17.7 Å². The van der Waals surface area contributed by atoms with Crippen LogP contribution in [0, 0.1) is 17.8 Å². The molecule has 2 N–H and O–H groups in total. The van der Waals surface area contributed by atoms with Gasteiger partial charge in [-0.15, -0.1) is 5.10 Å². The number of nitrogens with one attached hydrogen (secondary N) is 1. The first kappa shape index (κ1) is 50.9. The van der Waals surface area contributed by atoms with Crippen LogP contribution in [0.2, 0.25) is 0 Å². The van der Waals surface area contributed by atoms with Crippen LogP contribution in [0.4, 0.5) is 8.68 Å². The SMILES string of the molecule is CC[C@H]1OC(=O)[C@H](C)C(=O)[C@@H](C)[C@@H](O[C@@H]2O[C@H](C)CC(N(C)C)C2O)[C@](C)(OC)C[C@@H](C)C(=O)N[C@H](C)[C@H]2N(CCCCn3cc(-c4ccccn4)nn3)C(=O)O[C@]12C.CSF. The molecule has 0 aromatic carbocycles. The van der Waals surface area contributed by atoms with E-state index < -0.39 is 83.5 Å². The number of halogens is 1. The average Bonchev–Trinajstić information content (AvgIpc) is 3.82. The van der Waals surface area contributed by atoms with Crippen LogP contribution < -0.4 is 5.32 Å². The third kappa shape index (κ3) is 11.7. The molecule has 3 aliphatic heterocycles. The van der Waals surface area contributed by atoms with Gasteiger partial charge in [-0.05, 0) is 93.0 Å². The van der Waals surface area contributed by atoms with Gasteiger partial charge in [0.05, 0.1) is 41.8 Å². The fourth-order valence-corrected chi connectivity index (χ4v) is 9.14. The molecule has 3 saturated heterocycles. The Morgan fingerprint density at radius 1 is 1.06 bits per heavy atom. The predicted molar refractivity (Wildman–Crippen MR) is 230 cm³/mol. The minimum atomic E-state index is -1.39. The van der Waals surface area contributed by atoms with Crippen LogP contribution in [0.1, 0.15) is 87.5 Å². The first-order valence-corrected chi connectivity index (χ1v) is 22.6. The molecule has 2 amide bonds. The lowest BCUT2D eigenvalue weighted by Crippen LogP contribution is -2.61. The summed E-state index contributed by atoms with van der Waals surface area (Å²) in [7, 11) is 5.21. The Bertz CT molecular complexity index is 1800. The highest BCUT2D eigenvalue weighted by atomic mass is 32.2. The molecule has 0 bridgehead atoms. The average molecular weight is 894 g/mol. The number of rotatable bonds is 11. The minimum absolute atomic E-state index is 0.0989. The number of aromatic nitrogens is 4. The first-order chi connectivity index (χ1) is 29.3. The van der Waals surface area contributed by atoms with Crippen molar-refractivity contribution in [3.63, 3.8) is 0 Å². The third-order valence-corrected chi connectivity index (χ3v) is 12.5. The molecule has 2 unspecified atom stereocenters. The highest BCUT2D eigenvalue weighted by molar-refractivity contribution is 7.93. The number of esters is 1. The summed E-state index contributed by atoms with van der Waals surface area (Å²) in [5, 5.41) is 23.0. The topological polar surface area (TPSA) is 197 Å². The highest BCUT2D eigenvalue weighted by Gasteiger charge is 2.59. The second kappa shape index (κ2) is 22.2. The molecule has 17 nitrogen and oxygen atoms in total. The molecule has 62 heavy (non-hydrogen) atoms. The van der Waals surface area contributed by atoms with Crippen LogP contribution in [-0.4, -0.2) is 153 Å². The number of hydrogen-bond donors (Lipinski definition) is 2. The molecule has 19 heteroatoms. The second-order valence-electron chi connectivity index (χ2n) is 17.4. The number of carbonyl (C=O) groups excluding carboxylic acids is 4. The molecule has 13 atom stereocenters. The number of hydrogen-bond acceptors (Lipinski definition) is 15. The number of ether oxygens (including phenoxy) is 5. The first-order valence-electron chi connectivity index (χ1n) is 21.5. The number of likely N-dealkylation sites (N-methyl/N-ethyl adjacent to an activating group) is 1. The van der Waals surface area contributed by atoms with Gasteiger partial charge in [-0.3, -0.25) is 28.9 Å². The normalized spacial score (nSPS) is 34.9. The van der Waals surface area contributed by atoms with Crippen molar-refractivity contribution in [1.29, 1.82) is 0 Å². The Labute approximate surface area is 369 Å². The molecule has 5 rings (SSSR count). The molecule has 3 aliphatic rings. The Morgan fingerprint density at radius 2 is 1.74 bits per heavy atom. The number of aryl methyl sites for hydroxylation is 1. The van der Waals surface area contributed by atoms with E-state index in [0.717, 1.165) is 0 Å². The molecular formula is C43H68FN7O10S. The summed E-state index contributed by atoms with van der Waals surface area (Å²) in [6.07, 6.45) is 1.96. The van der Waals surface area contributed by atoms with Crippen molar-refractivity contribution in [3.8, 4) is 11.4 Å². The van der Waals surface area contributed by atoms with E-state index in [0.29, 0.717) is 37.2 Å². The van der Waals surface area contributed by atoms with Gasteiger partial charge in [0, 0.05) is 62.7 Å². The number of Topliss-reactive ketones (excluding diaryl/α,β-unsaturated/α-hetero) is 1. The van der Waals surface area contributed by atoms with Crippen molar-refractivity contribution in [2.45, 2.75) is 154 Å². The Morgan fingerprint density at radius 3 is 2.35 bits per heavy atom. The second-order valence-corrected chi connectivity index (χ2v) is 17.7. The fourth-order valence-electron chi connectivity index (χ4n) is 9.14. The molecule has 2 aromatic rings. The van der Waals surface area contributed by atoms with E-state index in [1.807, 2.05) is 64.2 Å². The van der Waals surface area contributed by atoms with E-state index in [2.05, 4.69) is 20.6 Å². The number of ketones is 1. The Hall–Kier alpha value is -3.75. The Balaban J connectivity index is 0.00000273. The van der Waals surface area contributed by atoms with Gasteiger partial charge in [-0.1, -0.05) is 32.1 Å². The largest absolute Gasteiger partial charge is 0.458 e. The van der Waals surface area contributed by atoms with Gasteiger partial charge in [0.1, 0.15) is 23.8 Å². The van der Waals surface area contributed by atoms with E-state index in [-0.39, 0.29) is 49.6 Å². The fraction of sp³-hybridized carbons (Fsp3) is 0.744. The van der Waals surface area contributed by atoms with Crippen molar-refractivity contribution in [1.82, 2.24) is 35.1 Å². The maximum absolute atomic E-state index is 14.4. The number of cyclic esters (lactones) is 1. The summed E-state index contributed by atoms with van der Waals surface area (Å²) in [6, 6.07) is 3.88. The van der Waals surface area contributed by atoms with Crippen LogP contribution in [0.15, 0.2) is 30.6 Å². The molecule has 0 radical (unpaired) electrons. The summed E-state index contributed by atoms with van der Waals surface area (Å²) in [4.78, 5) is 64.2. The summed E-state index contributed by atoms with van der Waals surface area (Å²) >= 11 is 0.250. The smallest absolute Gasteiger partial charge is 0.410 e. The summed E-state index contributed by atoms with van der Waals surface area (Å²) < 4.78 is 43.1. The van der Waals surface area contributed by atoms with Crippen LogP contribution in [-0.2, 0) is 44.6 Å². The van der Waals surface area contributed by atoms with Crippen LogP contribution >= 0.6 is 12.1 Å². The van der Waals surface area contributed by atoms with E-state index in [1.165, 1.54) is 20.3 Å². The zero-order valence-electron chi connectivity index (χ0n) is 38.3. The van der Waals surface area contributed by atoms with Gasteiger partial charge in [0.25, 0.3) is 0 Å². The lowest BCUT2D eigenvalue weighted by atomic mass is 9.78. The minimum Gasteiger partial charge on any atom is -0.458 e. The molecule has 0 saturated carbocycles. The van der Waals surface area contributed by atoms with Gasteiger partial charge >= 0.3 is 12.1 Å². The quantitative estimate of drug-likeness (QED) is 0.176. The number of nitrogens with zero attached hydrogens (tertiary/aromatic N) is 6. The van der Waals surface area contributed by atoms with Crippen LogP contribution in [0.3, 0.4) is 0 Å². The summed E-state index contributed by atoms with van der Waals surface area (Å²) in [5.74, 6) is -4.49. The molecule has 0 spiro atoms. The number of aliphatic hydroxyl groups is 1. The van der Waals surface area contributed by atoms with E-state index in [4.69, 9.17) is 23.7 Å². The van der Waals surface area contributed by atoms with Crippen molar-refractivity contribution in [2.24, 2.45) is 17.8 Å². The summed E-state index contributed by atoms with van der Waals surface area (Å²) in [6.45, 7) is 14.7. The molecule has 3 fully saturated rings. The zero-order chi connectivity index (χ0) is 46.1. The number of amides is 2. The molecule has 0 aliphatic carbocycles. The van der Waals surface area contributed by atoms with E-state index in [1.54, 1.807) is 43.5 Å². The standard InChI is InChI=1S/C42H65N7O10.CH3FS/c1-12-32-42(8)35(49(40(54)59-42)20-16-15-19-48-23-30(45-46-48)29-17-13-14-18-43-29)28(6)44-37(52)24(2)22-41(7,55-11)36(26(4)33(50)27(5)38(53)57-32)58-39-34(51)31(47(9)10)21-25(3)56-39;1-3-2/h13-14,17-18,23-28,31-32,34-36,39,51H,12,15-16,19-22H2,1-11H3,(H,44,52);1H3/t24-,25-,26-,27-,28-,31?,32-,34?,35-,36-,39+,41-,42-;/m1./s1. The zero-order valence-corrected chi connectivity index (χ0v) is 39.1. The molecule has 5 heterocycles. The van der Waals surface area contributed by atoms with Crippen molar-refractivity contribution in [3.05, 3.63) is 30.6 Å². The highest BCUT2D eigenvalue weighted by Crippen LogP contribution is 2.40. The molecular weight excluding hydrogens is 826 g/mol. The number of unbranched alkanes of at least 4 members (excludes halogenated alkanes) is 1. The number of carbonyl (C=O) groups is 4. The number of pyridine rings is 1. The Kier molecular flexibility index (Phi) is 18.3. The number of aliphatic hydroxyl groups excluding tert-OH is 1. The van der Waals surface area contributed by atoms with Gasteiger partial charge in [-0.2, -0.15) is 3.89 Å². The molecule has 2 aromatic heterocycles. The maximum Gasteiger partial charge on any atom is 0.410 e. The lowest BCUT2D eigenvalue weighted by molar-refractivity contribution is -0.295. The van der Waals surface area contributed by atoms with Gasteiger partial charge in [0.2, 0.25) is 5.91 Å². The lowest BCUT2D eigenvalue weighted by Gasteiger charge is -2.46. The van der Waals surface area contributed by atoms with Gasteiger partial charge < -0.3 is 39.0 Å². The summed E-state index contributed by atoms with van der Waals surface area (Å²) in [5.41, 5.74) is -1.30. The number of methoxy groups -OCH3 is 1. The molecule has 348 valence electrons. The van der Waals surface area contributed by atoms with Crippen molar-refractivity contribution in [2.75, 3.05) is 34.0 Å². The van der Waals surface area contributed by atoms with Crippen LogP contribution in [0.5, 0.6) is 0 Å². The van der Waals surface area contributed by atoms with Gasteiger partial charge in [-0.25, -0.2) is 4.79 Å². The van der Waals surface area contributed by atoms with Crippen molar-refractivity contribution >= 4 is 35.9 Å². The maximum atomic E-state index is 14.4.